The Morgan fingerprint density at radius 2 is 1.84 bits per heavy atom. The molecule has 1 N–H and O–H groups in total. The molecule has 0 aliphatic carbocycles. The van der Waals surface area contributed by atoms with Crippen LogP contribution in [0.25, 0.3) is 0 Å². The number of rotatable bonds is 9. The molecule has 3 atom stereocenters. The highest BCUT2D eigenvalue weighted by atomic mass is 19.1. The molecule has 0 bridgehead atoms. The van der Waals surface area contributed by atoms with Gasteiger partial charge in [-0.25, -0.2) is 9.37 Å². The Labute approximate surface area is 182 Å². The molecule has 0 saturated carbocycles. The number of pyridine rings is 1. The zero-order valence-corrected chi connectivity index (χ0v) is 18.8. The highest BCUT2D eigenvalue weighted by Gasteiger charge is 2.30. The molecule has 0 amide bonds. The number of Topliss-reactive ketones (excluding diaryl/α,β-unsaturated/α-hetero) is 1. The first-order valence-electron chi connectivity index (χ1n) is 10.3. The number of nitrogens with zero attached hydrogens (tertiary/aromatic N) is 1. The van der Waals surface area contributed by atoms with Crippen LogP contribution in [-0.4, -0.2) is 35.1 Å². The van der Waals surface area contributed by atoms with E-state index in [1.807, 2.05) is 20.8 Å². The van der Waals surface area contributed by atoms with Crippen molar-refractivity contribution in [3.8, 4) is 11.5 Å². The van der Waals surface area contributed by atoms with E-state index in [9.17, 15) is 19.1 Å². The van der Waals surface area contributed by atoms with Gasteiger partial charge in [-0.05, 0) is 43.0 Å². The summed E-state index contributed by atoms with van der Waals surface area (Å²) in [5.74, 6) is -2.25. The second-order valence-corrected chi connectivity index (χ2v) is 8.15. The number of hydrogen-bond donors (Lipinski definition) is 1. The minimum Gasteiger partial charge on any atom is -0.503 e. The van der Waals surface area contributed by atoms with Crippen LogP contribution in [-0.2, 0) is 9.53 Å². The van der Waals surface area contributed by atoms with Gasteiger partial charge < -0.3 is 14.6 Å². The van der Waals surface area contributed by atoms with Crippen molar-refractivity contribution < 1.29 is 28.6 Å². The van der Waals surface area contributed by atoms with Crippen LogP contribution in [0.3, 0.4) is 0 Å². The number of aromatic hydroxyl groups is 1. The predicted octanol–water partition coefficient (Wildman–Crippen LogP) is 4.82. The first-order chi connectivity index (χ1) is 14.6. The molecule has 1 aromatic carbocycles. The number of aromatic nitrogens is 1. The van der Waals surface area contributed by atoms with Gasteiger partial charge in [0.15, 0.2) is 23.0 Å². The molecule has 1 heterocycles. The number of esters is 1. The summed E-state index contributed by atoms with van der Waals surface area (Å²) in [5.41, 5.74) is 1.57. The number of carbonyl (C=O) groups is 2. The van der Waals surface area contributed by atoms with Gasteiger partial charge >= 0.3 is 5.97 Å². The Bertz CT molecular complexity index is 944. The molecule has 0 radical (unpaired) electrons. The standard InChI is InChI=1S/C24H30FNO5/c1-13(2)21(18-8-7-17(25)11-14(18)3)16(5)31-24(29)15(4)12-19(27)22-23(28)20(30-6)9-10-26-22/h7-11,13,15-16,21,28H,12H2,1-6H3/t15-,16-,21-/m1/s1. The van der Waals surface area contributed by atoms with Gasteiger partial charge in [0, 0.05) is 24.6 Å². The van der Waals surface area contributed by atoms with Crippen molar-refractivity contribution in [3.05, 3.63) is 53.1 Å². The lowest BCUT2D eigenvalue weighted by atomic mass is 9.82. The van der Waals surface area contributed by atoms with Gasteiger partial charge in [-0.1, -0.05) is 26.8 Å². The van der Waals surface area contributed by atoms with Crippen molar-refractivity contribution in [1.82, 2.24) is 4.98 Å². The second-order valence-electron chi connectivity index (χ2n) is 8.15. The van der Waals surface area contributed by atoms with Crippen molar-refractivity contribution in [2.45, 2.75) is 53.1 Å². The Balaban J connectivity index is 2.11. The lowest BCUT2D eigenvalue weighted by molar-refractivity contribution is -0.154. The SMILES string of the molecule is COc1ccnc(C(=O)C[C@@H](C)C(=O)O[C@H](C)[C@H](c2ccc(F)cc2C)C(C)C)c1O. The van der Waals surface area contributed by atoms with Gasteiger partial charge in [-0.2, -0.15) is 0 Å². The lowest BCUT2D eigenvalue weighted by Crippen LogP contribution is -2.30. The van der Waals surface area contributed by atoms with E-state index in [2.05, 4.69) is 4.98 Å². The van der Waals surface area contributed by atoms with Crippen molar-refractivity contribution in [1.29, 1.82) is 0 Å². The molecule has 0 aliphatic rings. The molecule has 0 spiro atoms. The molecule has 168 valence electrons. The summed E-state index contributed by atoms with van der Waals surface area (Å²) in [7, 11) is 1.37. The third-order valence-corrected chi connectivity index (χ3v) is 5.38. The van der Waals surface area contributed by atoms with Crippen LogP contribution >= 0.6 is 0 Å². The maximum atomic E-state index is 13.5. The average molecular weight is 432 g/mol. The van der Waals surface area contributed by atoms with E-state index in [-0.39, 0.29) is 41.3 Å². The van der Waals surface area contributed by atoms with Crippen molar-refractivity contribution in [3.63, 3.8) is 0 Å². The van der Waals surface area contributed by atoms with Crippen LogP contribution in [0.2, 0.25) is 0 Å². The summed E-state index contributed by atoms with van der Waals surface area (Å²) in [4.78, 5) is 29.1. The second kappa shape index (κ2) is 10.4. The van der Waals surface area contributed by atoms with Crippen molar-refractivity contribution in [2.75, 3.05) is 7.11 Å². The molecule has 2 rings (SSSR count). The van der Waals surface area contributed by atoms with Crippen molar-refractivity contribution >= 4 is 11.8 Å². The van der Waals surface area contributed by atoms with E-state index in [0.29, 0.717) is 0 Å². The minimum absolute atomic E-state index is 0.128. The van der Waals surface area contributed by atoms with Gasteiger partial charge in [0.2, 0.25) is 0 Å². The molecular weight excluding hydrogens is 401 g/mol. The number of aryl methyl sites for hydroxylation is 1. The van der Waals surface area contributed by atoms with E-state index >= 15 is 0 Å². The van der Waals surface area contributed by atoms with Gasteiger partial charge in [-0.3, -0.25) is 9.59 Å². The number of hydrogen-bond acceptors (Lipinski definition) is 6. The highest BCUT2D eigenvalue weighted by molar-refractivity contribution is 5.99. The monoisotopic (exact) mass is 431 g/mol. The highest BCUT2D eigenvalue weighted by Crippen LogP contribution is 2.33. The van der Waals surface area contributed by atoms with Crippen molar-refractivity contribution in [2.24, 2.45) is 11.8 Å². The zero-order valence-electron chi connectivity index (χ0n) is 18.8. The number of benzene rings is 1. The molecule has 0 fully saturated rings. The Kier molecular flexibility index (Phi) is 8.14. The fourth-order valence-electron chi connectivity index (χ4n) is 3.80. The van der Waals surface area contributed by atoms with Gasteiger partial charge in [0.05, 0.1) is 13.0 Å². The van der Waals surface area contributed by atoms with Crippen LogP contribution < -0.4 is 4.74 Å². The first-order valence-corrected chi connectivity index (χ1v) is 10.3. The van der Waals surface area contributed by atoms with E-state index in [4.69, 9.17) is 9.47 Å². The van der Waals surface area contributed by atoms with E-state index < -0.39 is 23.8 Å². The number of carbonyl (C=O) groups excluding carboxylic acids is 2. The maximum absolute atomic E-state index is 13.5. The van der Waals surface area contributed by atoms with Gasteiger partial charge in [-0.15, -0.1) is 0 Å². The Hall–Kier alpha value is -2.96. The molecule has 31 heavy (non-hydrogen) atoms. The molecular formula is C24H30FNO5. The smallest absolute Gasteiger partial charge is 0.309 e. The molecule has 7 heteroatoms. The lowest BCUT2D eigenvalue weighted by Gasteiger charge is -2.30. The first kappa shape index (κ1) is 24.3. The molecule has 0 unspecified atom stereocenters. The third-order valence-electron chi connectivity index (χ3n) is 5.38. The fourth-order valence-corrected chi connectivity index (χ4v) is 3.80. The molecule has 6 nitrogen and oxygen atoms in total. The predicted molar refractivity (Wildman–Crippen MR) is 115 cm³/mol. The summed E-state index contributed by atoms with van der Waals surface area (Å²) < 4.78 is 24.2. The van der Waals surface area contributed by atoms with Crippen LogP contribution in [0.15, 0.2) is 30.5 Å². The number of halogens is 1. The summed E-state index contributed by atoms with van der Waals surface area (Å²) in [6, 6.07) is 6.04. The minimum atomic E-state index is -0.732. The van der Waals surface area contributed by atoms with Gasteiger partial charge in [0.1, 0.15) is 11.9 Å². The number of methoxy groups -OCH3 is 1. The zero-order chi connectivity index (χ0) is 23.3. The molecule has 2 aromatic rings. The molecule has 1 aromatic heterocycles. The molecule has 0 saturated heterocycles. The molecule has 0 aliphatic heterocycles. The van der Waals surface area contributed by atoms with Crippen LogP contribution in [0.1, 0.15) is 61.6 Å². The van der Waals surface area contributed by atoms with E-state index in [1.165, 1.54) is 31.5 Å². The third kappa shape index (κ3) is 5.81. The van der Waals surface area contributed by atoms with Crippen LogP contribution in [0, 0.1) is 24.6 Å². The average Bonchev–Trinajstić information content (AvgIpc) is 2.69. The van der Waals surface area contributed by atoms with Crippen LogP contribution in [0.5, 0.6) is 11.5 Å². The Morgan fingerprint density at radius 3 is 2.42 bits per heavy atom. The topological polar surface area (TPSA) is 85.7 Å². The number of ether oxygens (including phenoxy) is 2. The normalized spacial score (nSPS) is 14.1. The summed E-state index contributed by atoms with van der Waals surface area (Å²) >= 11 is 0. The van der Waals surface area contributed by atoms with Gasteiger partial charge in [0.25, 0.3) is 0 Å². The summed E-state index contributed by atoms with van der Waals surface area (Å²) in [6.45, 7) is 9.26. The maximum Gasteiger partial charge on any atom is 0.309 e. The summed E-state index contributed by atoms with van der Waals surface area (Å²) in [6.07, 6.45) is 0.716. The quantitative estimate of drug-likeness (QED) is 0.452. The fraction of sp³-hybridized carbons (Fsp3) is 0.458. The van der Waals surface area contributed by atoms with E-state index in [0.717, 1.165) is 11.1 Å². The number of ketones is 1. The summed E-state index contributed by atoms with van der Waals surface area (Å²) in [5, 5.41) is 10.1. The van der Waals surface area contributed by atoms with E-state index in [1.54, 1.807) is 19.9 Å². The van der Waals surface area contributed by atoms with Crippen LogP contribution in [0.4, 0.5) is 4.39 Å². The largest absolute Gasteiger partial charge is 0.503 e. The Morgan fingerprint density at radius 1 is 1.16 bits per heavy atom.